The van der Waals surface area contributed by atoms with Gasteiger partial charge in [-0.1, -0.05) is 12.8 Å². The molecule has 1 aromatic heterocycles. The highest BCUT2D eigenvalue weighted by Gasteiger charge is 2.43. The second kappa shape index (κ2) is 5.00. The lowest BCUT2D eigenvalue weighted by atomic mass is 9.71. The molecule has 2 fully saturated rings. The smallest absolute Gasteiger partial charge is 0.228 e. The molecule has 3 rings (SSSR count). The number of piperidine rings is 1. The maximum atomic E-state index is 12.3. The summed E-state index contributed by atoms with van der Waals surface area (Å²) in [4.78, 5) is 17.3. The molecule has 4 heteroatoms. The number of rotatable bonds is 2. The van der Waals surface area contributed by atoms with Crippen molar-refractivity contribution in [2.24, 2.45) is 5.92 Å². The molecule has 19 heavy (non-hydrogen) atoms. The van der Waals surface area contributed by atoms with Crippen LogP contribution in [0.5, 0.6) is 0 Å². The van der Waals surface area contributed by atoms with Crippen molar-refractivity contribution in [1.82, 2.24) is 9.88 Å². The summed E-state index contributed by atoms with van der Waals surface area (Å²) in [7, 11) is 0. The first kappa shape index (κ1) is 12.7. The summed E-state index contributed by atoms with van der Waals surface area (Å²) in [5.74, 6) is 0.456. The maximum absolute atomic E-state index is 12.3. The van der Waals surface area contributed by atoms with E-state index >= 15 is 0 Å². The van der Waals surface area contributed by atoms with Crippen LogP contribution < -0.4 is 0 Å². The van der Waals surface area contributed by atoms with E-state index in [2.05, 4.69) is 4.98 Å². The van der Waals surface area contributed by atoms with Crippen LogP contribution in [0.2, 0.25) is 0 Å². The lowest BCUT2D eigenvalue weighted by molar-refractivity contribution is -0.142. The predicted molar refractivity (Wildman–Crippen MR) is 72.6 cm³/mol. The second-order valence-corrected chi connectivity index (χ2v) is 6.01. The Hall–Kier alpha value is -1.29. The minimum atomic E-state index is -0.499. The molecule has 2 unspecified atom stereocenters. The first-order valence-corrected chi connectivity index (χ1v) is 7.30. The Morgan fingerprint density at radius 3 is 3.16 bits per heavy atom. The third kappa shape index (κ3) is 2.54. The molecule has 0 bridgehead atoms. The zero-order chi connectivity index (χ0) is 13.3. The zero-order valence-electron chi connectivity index (χ0n) is 11.3. The molecule has 0 spiro atoms. The Labute approximate surface area is 113 Å². The molecule has 0 aromatic carbocycles. The van der Waals surface area contributed by atoms with Crippen molar-refractivity contribution >= 4 is 5.91 Å². The van der Waals surface area contributed by atoms with E-state index in [0.717, 1.165) is 37.9 Å². The van der Waals surface area contributed by atoms with Gasteiger partial charge in [0.2, 0.25) is 5.91 Å². The van der Waals surface area contributed by atoms with Crippen LogP contribution in [0, 0.1) is 5.92 Å². The topological polar surface area (TPSA) is 56.3 Å². The largest absolute Gasteiger partial charge is 0.389 e. The number of hydrogen-bond donors (Lipinski definition) is 2. The van der Waals surface area contributed by atoms with Gasteiger partial charge in [-0.3, -0.25) is 4.79 Å². The summed E-state index contributed by atoms with van der Waals surface area (Å²) in [5, 5.41) is 10.6. The molecular formula is C15H22N2O2. The number of fused-ring (bicyclic) bond motifs is 1. The molecular weight excluding hydrogens is 240 g/mol. The molecule has 1 aromatic rings. The van der Waals surface area contributed by atoms with Gasteiger partial charge in [-0.2, -0.15) is 0 Å². The lowest BCUT2D eigenvalue weighted by Crippen LogP contribution is -2.54. The number of hydrogen-bond acceptors (Lipinski definition) is 2. The molecule has 1 saturated heterocycles. The molecule has 104 valence electrons. The SMILES string of the molecule is O=C(Cc1ccc[nH]1)N1CCC2(O)CCCCC2C1. The summed E-state index contributed by atoms with van der Waals surface area (Å²) in [6.45, 7) is 1.43. The van der Waals surface area contributed by atoms with Crippen molar-refractivity contribution in [2.75, 3.05) is 13.1 Å². The van der Waals surface area contributed by atoms with Gasteiger partial charge >= 0.3 is 0 Å². The average Bonchev–Trinajstić information content (AvgIpc) is 2.90. The Bertz CT molecular complexity index is 443. The fourth-order valence-electron chi connectivity index (χ4n) is 3.55. The van der Waals surface area contributed by atoms with E-state index in [4.69, 9.17) is 0 Å². The molecule has 0 radical (unpaired) electrons. The van der Waals surface area contributed by atoms with Crippen molar-refractivity contribution in [2.45, 2.75) is 44.1 Å². The van der Waals surface area contributed by atoms with Crippen LogP contribution in [0.1, 0.15) is 37.8 Å². The van der Waals surface area contributed by atoms with Gasteiger partial charge in [-0.15, -0.1) is 0 Å². The summed E-state index contributed by atoms with van der Waals surface area (Å²) >= 11 is 0. The molecule has 2 aliphatic rings. The number of H-pyrrole nitrogens is 1. The van der Waals surface area contributed by atoms with Crippen LogP contribution in [-0.4, -0.2) is 39.6 Å². The second-order valence-electron chi connectivity index (χ2n) is 6.01. The third-order valence-corrected chi connectivity index (χ3v) is 4.78. The van der Waals surface area contributed by atoms with Gasteiger partial charge in [-0.05, 0) is 31.4 Å². The van der Waals surface area contributed by atoms with E-state index < -0.39 is 5.60 Å². The Morgan fingerprint density at radius 2 is 2.37 bits per heavy atom. The highest BCUT2D eigenvalue weighted by atomic mass is 16.3. The summed E-state index contributed by atoms with van der Waals surface area (Å²) in [6, 6.07) is 3.86. The number of nitrogens with one attached hydrogen (secondary N) is 1. The van der Waals surface area contributed by atoms with Crippen LogP contribution in [0.3, 0.4) is 0 Å². The van der Waals surface area contributed by atoms with Crippen LogP contribution in [-0.2, 0) is 11.2 Å². The number of carbonyl (C=O) groups excluding carboxylic acids is 1. The van der Waals surface area contributed by atoms with Crippen molar-refractivity contribution < 1.29 is 9.90 Å². The quantitative estimate of drug-likeness (QED) is 0.852. The van der Waals surface area contributed by atoms with E-state index in [9.17, 15) is 9.90 Å². The summed E-state index contributed by atoms with van der Waals surface area (Å²) in [5.41, 5.74) is 0.469. The Balaban J connectivity index is 1.62. The zero-order valence-corrected chi connectivity index (χ0v) is 11.3. The molecule has 1 amide bonds. The number of aromatic amines is 1. The number of amides is 1. The molecule has 2 atom stereocenters. The molecule has 2 heterocycles. The number of aliphatic hydroxyl groups is 1. The van der Waals surface area contributed by atoms with Crippen LogP contribution >= 0.6 is 0 Å². The number of carbonyl (C=O) groups is 1. The number of aromatic nitrogens is 1. The van der Waals surface area contributed by atoms with Gasteiger partial charge in [0.15, 0.2) is 0 Å². The molecule has 1 aliphatic carbocycles. The highest BCUT2D eigenvalue weighted by molar-refractivity contribution is 5.78. The number of likely N-dealkylation sites (tertiary alicyclic amines) is 1. The van der Waals surface area contributed by atoms with E-state index in [0.29, 0.717) is 13.0 Å². The minimum Gasteiger partial charge on any atom is -0.389 e. The van der Waals surface area contributed by atoms with Gasteiger partial charge in [0, 0.05) is 30.9 Å². The first-order chi connectivity index (χ1) is 9.17. The molecule has 4 nitrogen and oxygen atoms in total. The van der Waals surface area contributed by atoms with Crippen molar-refractivity contribution in [3.63, 3.8) is 0 Å². The van der Waals surface area contributed by atoms with E-state index in [1.807, 2.05) is 23.2 Å². The first-order valence-electron chi connectivity index (χ1n) is 7.30. The minimum absolute atomic E-state index is 0.176. The monoisotopic (exact) mass is 262 g/mol. The van der Waals surface area contributed by atoms with Crippen LogP contribution in [0.25, 0.3) is 0 Å². The van der Waals surface area contributed by atoms with Gasteiger partial charge < -0.3 is 15.0 Å². The molecule has 1 saturated carbocycles. The van der Waals surface area contributed by atoms with E-state index in [-0.39, 0.29) is 11.8 Å². The van der Waals surface area contributed by atoms with Gasteiger partial charge in [0.1, 0.15) is 0 Å². The maximum Gasteiger partial charge on any atom is 0.228 e. The van der Waals surface area contributed by atoms with Gasteiger partial charge in [0.25, 0.3) is 0 Å². The fraction of sp³-hybridized carbons (Fsp3) is 0.667. The summed E-state index contributed by atoms with van der Waals surface area (Å²) in [6.07, 6.45) is 7.32. The Kier molecular flexibility index (Phi) is 3.35. The van der Waals surface area contributed by atoms with E-state index in [1.165, 1.54) is 6.42 Å². The van der Waals surface area contributed by atoms with Crippen molar-refractivity contribution in [1.29, 1.82) is 0 Å². The van der Waals surface area contributed by atoms with Crippen LogP contribution in [0.15, 0.2) is 18.3 Å². The summed E-state index contributed by atoms with van der Waals surface area (Å²) < 4.78 is 0. The molecule has 1 aliphatic heterocycles. The Morgan fingerprint density at radius 1 is 1.47 bits per heavy atom. The predicted octanol–water partition coefficient (Wildman–Crippen LogP) is 1.71. The van der Waals surface area contributed by atoms with Crippen molar-refractivity contribution in [3.05, 3.63) is 24.0 Å². The van der Waals surface area contributed by atoms with Gasteiger partial charge in [0.05, 0.1) is 12.0 Å². The fourth-order valence-corrected chi connectivity index (χ4v) is 3.55. The van der Waals surface area contributed by atoms with Gasteiger partial charge in [-0.25, -0.2) is 0 Å². The van der Waals surface area contributed by atoms with E-state index in [1.54, 1.807) is 0 Å². The molecule has 2 N–H and O–H groups in total. The highest BCUT2D eigenvalue weighted by Crippen LogP contribution is 2.39. The van der Waals surface area contributed by atoms with Crippen molar-refractivity contribution in [3.8, 4) is 0 Å². The lowest BCUT2D eigenvalue weighted by Gasteiger charge is -2.47. The normalized spacial score (nSPS) is 31.0. The third-order valence-electron chi connectivity index (χ3n) is 4.78. The average molecular weight is 262 g/mol. The number of nitrogens with zero attached hydrogens (tertiary/aromatic N) is 1. The van der Waals surface area contributed by atoms with Crippen LogP contribution in [0.4, 0.5) is 0 Å². The standard InChI is InChI=1S/C15H22N2O2/c18-14(10-13-5-3-8-16-13)17-9-7-15(19)6-2-1-4-12(15)11-17/h3,5,8,12,16,19H,1-2,4,6-7,9-11H2.